The van der Waals surface area contributed by atoms with Gasteiger partial charge in [0.1, 0.15) is 29.0 Å². The highest BCUT2D eigenvalue weighted by molar-refractivity contribution is 6.36. The highest BCUT2D eigenvalue weighted by Gasteiger charge is 2.34. The van der Waals surface area contributed by atoms with Crippen molar-refractivity contribution in [1.82, 2.24) is 24.8 Å². The van der Waals surface area contributed by atoms with Crippen LogP contribution in [0, 0.1) is 28.9 Å². The van der Waals surface area contributed by atoms with Crippen LogP contribution in [-0.4, -0.2) is 94.5 Å². The van der Waals surface area contributed by atoms with Gasteiger partial charge in [0.2, 0.25) is 0 Å². The highest BCUT2D eigenvalue weighted by Crippen LogP contribution is 2.38. The van der Waals surface area contributed by atoms with E-state index in [-0.39, 0.29) is 83.6 Å². The summed E-state index contributed by atoms with van der Waals surface area (Å²) in [6, 6.07) is 8.93. The molecule has 14 heteroatoms. The Kier molecular flexibility index (Phi) is 8.04. The topological polar surface area (TPSA) is 119 Å². The molecule has 2 aromatic heterocycles. The normalized spacial score (nSPS) is 20.8. The highest BCUT2D eigenvalue weighted by atomic mass is 35.5. The van der Waals surface area contributed by atoms with E-state index in [1.807, 2.05) is 11.0 Å². The number of carbonyl (C=O) groups is 1. The summed E-state index contributed by atoms with van der Waals surface area (Å²) in [5.41, 5.74) is -0.00434. The van der Waals surface area contributed by atoms with E-state index in [2.05, 4.69) is 15.0 Å². The molecule has 4 heterocycles. The van der Waals surface area contributed by atoms with Crippen LogP contribution in [0.4, 0.5) is 23.8 Å². The Morgan fingerprint density at radius 1 is 1.18 bits per heavy atom. The average molecular weight is 626 g/mol. The minimum atomic E-state index is -1.15. The van der Waals surface area contributed by atoms with E-state index < -0.39 is 35.9 Å². The smallest absolute Gasteiger partial charge is 0.407 e. The summed E-state index contributed by atoms with van der Waals surface area (Å²) >= 11 is 6.32. The number of halogens is 4. The zero-order valence-electron chi connectivity index (χ0n) is 23.6. The lowest BCUT2D eigenvalue weighted by Crippen LogP contribution is -2.55. The summed E-state index contributed by atoms with van der Waals surface area (Å²) < 4.78 is 51.3. The predicted molar refractivity (Wildman–Crippen MR) is 158 cm³/mol. The van der Waals surface area contributed by atoms with Crippen molar-refractivity contribution in [3.8, 4) is 23.3 Å². The van der Waals surface area contributed by atoms with E-state index in [0.717, 1.165) is 0 Å². The molecule has 228 valence electrons. The summed E-state index contributed by atoms with van der Waals surface area (Å²) in [7, 11) is 1.81. The number of hydrogen-bond acceptors (Lipinski definition) is 8. The van der Waals surface area contributed by atoms with Gasteiger partial charge >= 0.3 is 12.1 Å². The molecule has 3 atom stereocenters. The van der Waals surface area contributed by atoms with Gasteiger partial charge in [0, 0.05) is 55.8 Å². The Balaban J connectivity index is 1.47. The number of rotatable bonds is 6. The number of benzene rings is 2. The molecule has 0 bridgehead atoms. The summed E-state index contributed by atoms with van der Waals surface area (Å²) in [6.07, 6.45) is -0.922. The molecule has 1 N–H and O–H groups in total. The number of likely N-dealkylation sites (tertiary alicyclic amines) is 1. The monoisotopic (exact) mass is 625 g/mol. The van der Waals surface area contributed by atoms with Crippen LogP contribution >= 0.6 is 11.6 Å². The third-order valence-electron chi connectivity index (χ3n) is 8.16. The molecule has 0 saturated carbocycles. The van der Waals surface area contributed by atoms with Crippen LogP contribution in [0.25, 0.3) is 32.9 Å². The largest absolute Gasteiger partial charge is 0.465 e. The van der Waals surface area contributed by atoms with Crippen molar-refractivity contribution in [2.45, 2.75) is 18.6 Å². The first kappa shape index (κ1) is 29.7. The number of fused-ring (bicyclic) bond motifs is 2. The number of pyridine rings is 1. The number of alkyl halides is 1. The second-order valence-electron chi connectivity index (χ2n) is 11.0. The van der Waals surface area contributed by atoms with Gasteiger partial charge in [0.25, 0.3) is 0 Å². The summed E-state index contributed by atoms with van der Waals surface area (Å²) in [6.45, 7) is 1.07. The number of nitriles is 1. The van der Waals surface area contributed by atoms with E-state index in [4.69, 9.17) is 16.3 Å². The van der Waals surface area contributed by atoms with Gasteiger partial charge in [-0.3, -0.25) is 4.98 Å². The lowest BCUT2D eigenvalue weighted by Gasteiger charge is -2.39. The van der Waals surface area contributed by atoms with Gasteiger partial charge in [-0.15, -0.1) is 0 Å². The quantitative estimate of drug-likeness (QED) is 0.311. The van der Waals surface area contributed by atoms with Crippen LogP contribution in [0.2, 0.25) is 5.02 Å². The maximum Gasteiger partial charge on any atom is 0.407 e. The Hall–Kier alpha value is -4.41. The van der Waals surface area contributed by atoms with Gasteiger partial charge in [-0.2, -0.15) is 15.2 Å². The van der Waals surface area contributed by atoms with Crippen LogP contribution in [0.1, 0.15) is 6.42 Å². The first-order valence-electron chi connectivity index (χ1n) is 14.0. The molecule has 2 aliphatic rings. The van der Waals surface area contributed by atoms with E-state index in [1.54, 1.807) is 30.1 Å². The Labute approximate surface area is 255 Å². The van der Waals surface area contributed by atoms with E-state index in [0.29, 0.717) is 11.9 Å². The molecule has 0 radical (unpaired) electrons. The molecule has 1 amide bonds. The van der Waals surface area contributed by atoms with Gasteiger partial charge in [-0.05, 0) is 18.5 Å². The average Bonchev–Trinajstić information content (AvgIpc) is 3.34. The Bertz CT molecular complexity index is 1810. The van der Waals surface area contributed by atoms with Crippen LogP contribution in [0.3, 0.4) is 0 Å². The van der Waals surface area contributed by atoms with Crippen LogP contribution < -0.4 is 9.64 Å². The minimum Gasteiger partial charge on any atom is -0.465 e. The fraction of sp³-hybridized carbons (Fsp3) is 0.367. The van der Waals surface area contributed by atoms with E-state index in [9.17, 15) is 23.9 Å². The number of piperazine rings is 1. The molecule has 2 aliphatic heterocycles. The van der Waals surface area contributed by atoms with Gasteiger partial charge in [0.05, 0.1) is 35.5 Å². The fourth-order valence-corrected chi connectivity index (χ4v) is 6.25. The second kappa shape index (κ2) is 11.9. The van der Waals surface area contributed by atoms with E-state index in [1.165, 1.54) is 23.2 Å². The molecular weight excluding hydrogens is 599 g/mol. The molecule has 2 saturated heterocycles. The molecule has 0 unspecified atom stereocenters. The van der Waals surface area contributed by atoms with Crippen molar-refractivity contribution in [1.29, 1.82) is 5.26 Å². The predicted octanol–water partition coefficient (Wildman–Crippen LogP) is 5.14. The molecule has 4 aromatic rings. The molecule has 0 spiro atoms. The zero-order chi connectivity index (χ0) is 31.1. The maximum absolute atomic E-state index is 16.5. The first-order valence-corrected chi connectivity index (χ1v) is 14.3. The van der Waals surface area contributed by atoms with Crippen LogP contribution in [0.5, 0.6) is 6.01 Å². The van der Waals surface area contributed by atoms with Crippen molar-refractivity contribution < 1.29 is 27.8 Å². The van der Waals surface area contributed by atoms with Gasteiger partial charge in [-0.25, -0.2) is 18.0 Å². The molecule has 44 heavy (non-hydrogen) atoms. The van der Waals surface area contributed by atoms with Crippen molar-refractivity contribution in [2.75, 3.05) is 51.3 Å². The first-order chi connectivity index (χ1) is 21.2. The van der Waals surface area contributed by atoms with Crippen molar-refractivity contribution >= 4 is 45.2 Å². The zero-order valence-corrected chi connectivity index (χ0v) is 24.3. The minimum absolute atomic E-state index is 0.0436. The summed E-state index contributed by atoms with van der Waals surface area (Å²) in [5, 5.41) is 19.9. The number of ether oxygens (including phenoxy) is 1. The maximum atomic E-state index is 16.5. The Morgan fingerprint density at radius 3 is 2.73 bits per heavy atom. The molecule has 10 nitrogen and oxygen atoms in total. The van der Waals surface area contributed by atoms with Gasteiger partial charge < -0.3 is 24.5 Å². The van der Waals surface area contributed by atoms with Crippen molar-refractivity contribution in [3.63, 3.8) is 0 Å². The number of amides is 1. The molecule has 2 aromatic carbocycles. The van der Waals surface area contributed by atoms with Gasteiger partial charge in [0.15, 0.2) is 5.82 Å². The lowest BCUT2D eigenvalue weighted by atomic mass is 10.0. The lowest BCUT2D eigenvalue weighted by molar-refractivity contribution is 0.119. The number of anilines is 1. The molecule has 0 aliphatic carbocycles. The summed E-state index contributed by atoms with van der Waals surface area (Å²) in [5.74, 6) is -1.69. The third-order valence-corrected chi connectivity index (χ3v) is 8.53. The number of carboxylic acid groups (broad SMARTS) is 1. The van der Waals surface area contributed by atoms with E-state index >= 15 is 4.39 Å². The van der Waals surface area contributed by atoms with Crippen molar-refractivity contribution in [3.05, 3.63) is 53.2 Å². The number of aromatic nitrogens is 3. The van der Waals surface area contributed by atoms with Crippen molar-refractivity contribution in [2.24, 2.45) is 5.92 Å². The van der Waals surface area contributed by atoms with Crippen LogP contribution in [0.15, 0.2) is 36.5 Å². The molecule has 6 rings (SSSR count). The number of nitrogens with zero attached hydrogens (tertiary/aromatic N) is 7. The SMILES string of the molecule is CN1C[C@@H](COc2nc(N3CCN(C(=O)O)[C@@H](CC#N)C3)c3cnc(-c4cccc5ccc(F)c(Cl)c45)c(F)c3n2)[C@@H](F)C1. The number of hydrogen-bond donors (Lipinski definition) is 1. The second-order valence-corrected chi connectivity index (χ2v) is 11.4. The standard InChI is InChI=1S/C30H27ClF3N7O3/c1-39-12-17(22(33)14-39)15-44-29-37-27-20(28(38-29)40-9-10-41(30(42)43)18(13-40)7-8-35)11-36-26(25(27)34)19-4-2-3-16-5-6-21(32)24(31)23(16)19/h2-6,11,17-18,22H,7,9-10,12-15H2,1H3,(H,42,43)/t17-,18-,22-/m0/s1. The molecular formula is C30H27ClF3N7O3. The third kappa shape index (κ3) is 5.39. The van der Waals surface area contributed by atoms with Crippen LogP contribution in [-0.2, 0) is 0 Å². The molecule has 2 fully saturated rings. The summed E-state index contributed by atoms with van der Waals surface area (Å²) in [4.78, 5) is 29.9. The fourth-order valence-electron chi connectivity index (χ4n) is 5.98. The van der Waals surface area contributed by atoms with Gasteiger partial charge in [-0.1, -0.05) is 35.9 Å². The Morgan fingerprint density at radius 2 is 2.00 bits per heavy atom.